The van der Waals surface area contributed by atoms with Gasteiger partial charge in [-0.25, -0.2) is 0 Å². The Morgan fingerprint density at radius 3 is 3.00 bits per heavy atom. The molecular formula is C15H22N2. The van der Waals surface area contributed by atoms with E-state index in [4.69, 9.17) is 0 Å². The first-order chi connectivity index (χ1) is 8.31. The molecule has 0 aromatic heterocycles. The molecule has 2 N–H and O–H groups in total. The van der Waals surface area contributed by atoms with Gasteiger partial charge in [0.1, 0.15) is 0 Å². The maximum Gasteiger partial charge on any atom is 0.0372 e. The molecule has 0 spiro atoms. The molecule has 1 aliphatic heterocycles. The normalized spacial score (nSPS) is 20.5. The fourth-order valence-corrected chi connectivity index (χ4v) is 3.04. The van der Waals surface area contributed by atoms with Gasteiger partial charge in [-0.1, -0.05) is 12.1 Å². The van der Waals surface area contributed by atoms with Gasteiger partial charge in [-0.3, -0.25) is 0 Å². The Bertz CT molecular complexity index is 407. The molecule has 0 atom stereocenters. The van der Waals surface area contributed by atoms with Crippen molar-refractivity contribution in [3.05, 3.63) is 29.3 Å². The highest BCUT2D eigenvalue weighted by atomic mass is 14.9. The van der Waals surface area contributed by atoms with Gasteiger partial charge >= 0.3 is 0 Å². The smallest absolute Gasteiger partial charge is 0.0372 e. The van der Waals surface area contributed by atoms with E-state index in [1.54, 1.807) is 0 Å². The summed E-state index contributed by atoms with van der Waals surface area (Å²) >= 11 is 0. The molecule has 0 saturated heterocycles. The molecule has 2 heteroatoms. The van der Waals surface area contributed by atoms with Crippen LogP contribution in [-0.2, 0) is 12.8 Å². The topological polar surface area (TPSA) is 24.1 Å². The Kier molecular flexibility index (Phi) is 2.83. The van der Waals surface area contributed by atoms with E-state index in [2.05, 4.69) is 35.9 Å². The van der Waals surface area contributed by atoms with E-state index in [1.165, 1.54) is 55.5 Å². The van der Waals surface area contributed by atoms with Crippen molar-refractivity contribution in [1.29, 1.82) is 0 Å². The number of hydrogen-bond acceptors (Lipinski definition) is 2. The standard InChI is InChI=1S/C15H22N2/c1-16-11-15(6-7-15)10-12-4-5-14-13(9-12)3-2-8-17-14/h4-5,9,16-17H,2-3,6-8,10-11H2,1H3. The van der Waals surface area contributed by atoms with Crippen LogP contribution >= 0.6 is 0 Å². The number of nitrogens with one attached hydrogen (secondary N) is 2. The molecule has 2 aliphatic rings. The minimum absolute atomic E-state index is 0.574. The fraction of sp³-hybridized carbons (Fsp3) is 0.600. The summed E-state index contributed by atoms with van der Waals surface area (Å²) in [7, 11) is 2.07. The lowest BCUT2D eigenvalue weighted by molar-refractivity contribution is 0.478. The third-order valence-corrected chi connectivity index (χ3v) is 4.20. The van der Waals surface area contributed by atoms with Crippen LogP contribution in [0.2, 0.25) is 0 Å². The second-order valence-corrected chi connectivity index (χ2v) is 5.73. The van der Waals surface area contributed by atoms with Gasteiger partial charge in [0.2, 0.25) is 0 Å². The second kappa shape index (κ2) is 4.34. The number of anilines is 1. The molecule has 1 fully saturated rings. The number of aryl methyl sites for hydroxylation is 1. The molecule has 0 bridgehead atoms. The molecule has 1 saturated carbocycles. The van der Waals surface area contributed by atoms with E-state index in [1.807, 2.05) is 0 Å². The third kappa shape index (κ3) is 2.32. The van der Waals surface area contributed by atoms with Gasteiger partial charge in [0.15, 0.2) is 0 Å². The van der Waals surface area contributed by atoms with Gasteiger partial charge in [0, 0.05) is 18.8 Å². The van der Waals surface area contributed by atoms with Crippen LogP contribution in [0.5, 0.6) is 0 Å². The lowest BCUT2D eigenvalue weighted by Crippen LogP contribution is -2.22. The van der Waals surface area contributed by atoms with E-state index in [0.717, 1.165) is 6.54 Å². The van der Waals surface area contributed by atoms with Crippen LogP contribution in [0.25, 0.3) is 0 Å². The third-order valence-electron chi connectivity index (χ3n) is 4.20. The van der Waals surface area contributed by atoms with Crippen molar-refractivity contribution in [2.24, 2.45) is 5.41 Å². The minimum Gasteiger partial charge on any atom is -0.385 e. The number of fused-ring (bicyclic) bond motifs is 1. The summed E-state index contributed by atoms with van der Waals surface area (Å²) in [6.07, 6.45) is 6.56. The molecule has 3 rings (SSSR count). The van der Waals surface area contributed by atoms with Crippen molar-refractivity contribution in [1.82, 2.24) is 5.32 Å². The maximum absolute atomic E-state index is 3.48. The molecule has 2 nitrogen and oxygen atoms in total. The zero-order chi connectivity index (χ0) is 11.7. The first-order valence-corrected chi connectivity index (χ1v) is 6.82. The van der Waals surface area contributed by atoms with Crippen molar-refractivity contribution in [2.45, 2.75) is 32.1 Å². The largest absolute Gasteiger partial charge is 0.385 e. The average Bonchev–Trinajstić information content (AvgIpc) is 3.09. The monoisotopic (exact) mass is 230 g/mol. The molecule has 1 aromatic carbocycles. The Hall–Kier alpha value is -1.02. The van der Waals surface area contributed by atoms with E-state index in [-0.39, 0.29) is 0 Å². The second-order valence-electron chi connectivity index (χ2n) is 5.73. The molecule has 1 aliphatic carbocycles. The van der Waals surface area contributed by atoms with Crippen LogP contribution in [0.1, 0.15) is 30.4 Å². The van der Waals surface area contributed by atoms with E-state index < -0.39 is 0 Å². The Morgan fingerprint density at radius 1 is 1.35 bits per heavy atom. The lowest BCUT2D eigenvalue weighted by Gasteiger charge is -2.20. The summed E-state index contributed by atoms with van der Waals surface area (Å²) in [5.41, 5.74) is 4.98. The zero-order valence-electron chi connectivity index (χ0n) is 10.7. The zero-order valence-corrected chi connectivity index (χ0v) is 10.7. The molecule has 92 valence electrons. The van der Waals surface area contributed by atoms with Crippen LogP contribution < -0.4 is 10.6 Å². The predicted molar refractivity (Wildman–Crippen MR) is 72.6 cm³/mol. The van der Waals surface area contributed by atoms with Crippen molar-refractivity contribution in [3.63, 3.8) is 0 Å². The van der Waals surface area contributed by atoms with Gasteiger partial charge < -0.3 is 10.6 Å². The van der Waals surface area contributed by atoms with Crippen LogP contribution in [0.4, 0.5) is 5.69 Å². The average molecular weight is 230 g/mol. The minimum atomic E-state index is 0.574. The van der Waals surface area contributed by atoms with E-state index >= 15 is 0 Å². The summed E-state index contributed by atoms with van der Waals surface area (Å²) in [5.74, 6) is 0. The summed E-state index contributed by atoms with van der Waals surface area (Å²) in [6.45, 7) is 2.30. The Balaban J connectivity index is 1.75. The van der Waals surface area contributed by atoms with Crippen LogP contribution in [0, 0.1) is 5.41 Å². The summed E-state index contributed by atoms with van der Waals surface area (Å²) in [5, 5.41) is 6.82. The van der Waals surface area contributed by atoms with Gasteiger partial charge in [0.05, 0.1) is 0 Å². The predicted octanol–water partition coefficient (Wildman–Crippen LogP) is 2.59. The van der Waals surface area contributed by atoms with Crippen molar-refractivity contribution in [3.8, 4) is 0 Å². The number of rotatable bonds is 4. The lowest BCUT2D eigenvalue weighted by atomic mass is 9.93. The van der Waals surface area contributed by atoms with E-state index in [0.29, 0.717) is 5.41 Å². The van der Waals surface area contributed by atoms with Crippen LogP contribution in [0.15, 0.2) is 18.2 Å². The van der Waals surface area contributed by atoms with Gasteiger partial charge in [-0.2, -0.15) is 0 Å². The quantitative estimate of drug-likeness (QED) is 0.831. The summed E-state index contributed by atoms with van der Waals surface area (Å²) in [6, 6.07) is 7.02. The number of hydrogen-bond donors (Lipinski definition) is 2. The molecule has 17 heavy (non-hydrogen) atoms. The van der Waals surface area contributed by atoms with Gasteiger partial charge in [-0.05, 0) is 61.8 Å². The highest BCUT2D eigenvalue weighted by Gasteiger charge is 2.41. The van der Waals surface area contributed by atoms with Crippen molar-refractivity contribution in [2.75, 3.05) is 25.5 Å². The van der Waals surface area contributed by atoms with Crippen molar-refractivity contribution >= 4 is 5.69 Å². The maximum atomic E-state index is 3.48. The Morgan fingerprint density at radius 2 is 2.24 bits per heavy atom. The SMILES string of the molecule is CNCC1(Cc2ccc3c(c2)CCCN3)CC1. The number of benzene rings is 1. The van der Waals surface area contributed by atoms with Crippen LogP contribution in [-0.4, -0.2) is 20.1 Å². The summed E-state index contributed by atoms with van der Waals surface area (Å²) < 4.78 is 0. The molecule has 0 unspecified atom stereocenters. The van der Waals surface area contributed by atoms with Crippen molar-refractivity contribution < 1.29 is 0 Å². The van der Waals surface area contributed by atoms with Gasteiger partial charge in [0.25, 0.3) is 0 Å². The molecule has 0 radical (unpaired) electrons. The summed E-state index contributed by atoms with van der Waals surface area (Å²) in [4.78, 5) is 0. The first kappa shape index (κ1) is 11.1. The fourth-order valence-electron chi connectivity index (χ4n) is 3.04. The van der Waals surface area contributed by atoms with Crippen LogP contribution in [0.3, 0.4) is 0 Å². The van der Waals surface area contributed by atoms with E-state index in [9.17, 15) is 0 Å². The highest BCUT2D eigenvalue weighted by Crippen LogP contribution is 2.48. The first-order valence-electron chi connectivity index (χ1n) is 6.82. The highest BCUT2D eigenvalue weighted by molar-refractivity contribution is 5.54. The van der Waals surface area contributed by atoms with Gasteiger partial charge in [-0.15, -0.1) is 0 Å². The molecule has 1 aromatic rings. The Labute approximate surface area is 104 Å². The molecular weight excluding hydrogens is 208 g/mol. The molecule has 0 amide bonds. The molecule has 1 heterocycles.